The van der Waals surface area contributed by atoms with Crippen LogP contribution in [0.2, 0.25) is 0 Å². The number of aliphatic carboxylic acids is 1. The van der Waals surface area contributed by atoms with Crippen molar-refractivity contribution in [2.45, 2.75) is 33.1 Å². The smallest absolute Gasteiger partial charge is 0.307 e. The average Bonchev–Trinajstić information content (AvgIpc) is 2.09. The zero-order valence-electron chi connectivity index (χ0n) is 8.36. The van der Waals surface area contributed by atoms with Crippen LogP contribution in [0.15, 0.2) is 12.2 Å². The Balaban J connectivity index is 2.60. The molecule has 0 amide bonds. The fourth-order valence-electron chi connectivity index (χ4n) is 1.98. The number of allylic oxidation sites excluding steroid dienone is 2. The Morgan fingerprint density at radius 2 is 2.23 bits per heavy atom. The maximum absolute atomic E-state index is 10.9. The van der Waals surface area contributed by atoms with E-state index in [1.807, 2.05) is 6.92 Å². The van der Waals surface area contributed by atoms with Crippen molar-refractivity contribution >= 4 is 5.97 Å². The standard InChI is InChI=1S/C11H18O2/c1-3-10(11(12)13)9-6-4-8(2)5-7-9/h4,6,8-10H,3,5,7H2,1-2H3,(H,12,13). The summed E-state index contributed by atoms with van der Waals surface area (Å²) < 4.78 is 0. The van der Waals surface area contributed by atoms with Crippen LogP contribution in [-0.4, -0.2) is 11.1 Å². The van der Waals surface area contributed by atoms with Crippen molar-refractivity contribution in [2.75, 3.05) is 0 Å². The molecule has 0 saturated carbocycles. The van der Waals surface area contributed by atoms with E-state index in [4.69, 9.17) is 5.11 Å². The van der Waals surface area contributed by atoms with E-state index < -0.39 is 5.97 Å². The van der Waals surface area contributed by atoms with E-state index in [9.17, 15) is 4.79 Å². The molecule has 0 bridgehead atoms. The van der Waals surface area contributed by atoms with Gasteiger partial charge < -0.3 is 5.11 Å². The number of carbonyl (C=O) groups is 1. The Labute approximate surface area is 79.6 Å². The topological polar surface area (TPSA) is 37.3 Å². The molecule has 0 aromatic heterocycles. The first-order chi connectivity index (χ1) is 6.15. The Morgan fingerprint density at radius 1 is 1.54 bits per heavy atom. The number of hydrogen-bond acceptors (Lipinski definition) is 1. The van der Waals surface area contributed by atoms with Gasteiger partial charge in [-0.15, -0.1) is 0 Å². The van der Waals surface area contributed by atoms with Crippen molar-refractivity contribution < 1.29 is 9.90 Å². The summed E-state index contributed by atoms with van der Waals surface area (Å²) in [6.07, 6.45) is 7.14. The van der Waals surface area contributed by atoms with Crippen LogP contribution in [0.25, 0.3) is 0 Å². The second kappa shape index (κ2) is 4.45. The van der Waals surface area contributed by atoms with Gasteiger partial charge in [0.05, 0.1) is 5.92 Å². The van der Waals surface area contributed by atoms with Crippen LogP contribution in [0, 0.1) is 17.8 Å². The van der Waals surface area contributed by atoms with Crippen LogP contribution in [0.3, 0.4) is 0 Å². The van der Waals surface area contributed by atoms with Gasteiger partial charge in [-0.2, -0.15) is 0 Å². The molecule has 74 valence electrons. The molecular weight excluding hydrogens is 164 g/mol. The molecule has 1 aliphatic carbocycles. The number of carboxylic acid groups (broad SMARTS) is 1. The highest BCUT2D eigenvalue weighted by molar-refractivity contribution is 5.70. The molecule has 13 heavy (non-hydrogen) atoms. The maximum atomic E-state index is 10.9. The first-order valence-electron chi connectivity index (χ1n) is 5.06. The van der Waals surface area contributed by atoms with Crippen molar-refractivity contribution in [2.24, 2.45) is 17.8 Å². The monoisotopic (exact) mass is 182 g/mol. The Hall–Kier alpha value is -0.790. The summed E-state index contributed by atoms with van der Waals surface area (Å²) in [6.45, 7) is 4.12. The van der Waals surface area contributed by atoms with Crippen molar-refractivity contribution in [3.05, 3.63) is 12.2 Å². The molecule has 2 heteroatoms. The van der Waals surface area contributed by atoms with Gasteiger partial charge in [-0.3, -0.25) is 4.79 Å². The van der Waals surface area contributed by atoms with Gasteiger partial charge in [0.1, 0.15) is 0 Å². The van der Waals surface area contributed by atoms with Crippen molar-refractivity contribution in [3.8, 4) is 0 Å². The van der Waals surface area contributed by atoms with E-state index in [1.165, 1.54) is 0 Å². The van der Waals surface area contributed by atoms with Crippen LogP contribution >= 0.6 is 0 Å². The van der Waals surface area contributed by atoms with E-state index in [0.29, 0.717) is 5.92 Å². The van der Waals surface area contributed by atoms with Gasteiger partial charge in [0.2, 0.25) is 0 Å². The highest BCUT2D eigenvalue weighted by Gasteiger charge is 2.26. The molecule has 3 atom stereocenters. The van der Waals surface area contributed by atoms with Gasteiger partial charge in [0, 0.05) is 0 Å². The molecule has 0 aromatic carbocycles. The predicted octanol–water partition coefficient (Wildman–Crippen LogP) is 2.70. The summed E-state index contributed by atoms with van der Waals surface area (Å²) in [5.74, 6) is 0.0664. The molecule has 0 saturated heterocycles. The summed E-state index contributed by atoms with van der Waals surface area (Å²) in [5.41, 5.74) is 0. The largest absolute Gasteiger partial charge is 0.481 e. The Kier molecular flexibility index (Phi) is 3.52. The van der Waals surface area contributed by atoms with Gasteiger partial charge in [0.15, 0.2) is 0 Å². The molecule has 3 unspecified atom stereocenters. The molecule has 0 aromatic rings. The molecule has 0 spiro atoms. The van der Waals surface area contributed by atoms with Crippen LogP contribution in [-0.2, 0) is 4.79 Å². The quantitative estimate of drug-likeness (QED) is 0.681. The molecule has 0 radical (unpaired) electrons. The van der Waals surface area contributed by atoms with Crippen LogP contribution in [0.5, 0.6) is 0 Å². The van der Waals surface area contributed by atoms with E-state index in [0.717, 1.165) is 19.3 Å². The van der Waals surface area contributed by atoms with Gasteiger partial charge >= 0.3 is 5.97 Å². The van der Waals surface area contributed by atoms with E-state index in [-0.39, 0.29) is 11.8 Å². The number of carboxylic acids is 1. The summed E-state index contributed by atoms with van der Waals surface area (Å²) in [6, 6.07) is 0. The molecule has 0 fully saturated rings. The van der Waals surface area contributed by atoms with Crippen LogP contribution < -0.4 is 0 Å². The summed E-state index contributed by atoms with van der Waals surface area (Å²) in [5, 5.41) is 8.96. The average molecular weight is 182 g/mol. The lowest BCUT2D eigenvalue weighted by Crippen LogP contribution is -2.23. The van der Waals surface area contributed by atoms with Crippen molar-refractivity contribution in [1.29, 1.82) is 0 Å². The van der Waals surface area contributed by atoms with Gasteiger partial charge in [0.25, 0.3) is 0 Å². The lowest BCUT2D eigenvalue weighted by Gasteiger charge is -2.24. The Bertz CT molecular complexity index is 208. The van der Waals surface area contributed by atoms with Crippen molar-refractivity contribution in [3.63, 3.8) is 0 Å². The first kappa shape index (κ1) is 10.3. The summed E-state index contributed by atoms with van der Waals surface area (Å²) >= 11 is 0. The third-order valence-corrected chi connectivity index (χ3v) is 2.92. The second-order valence-corrected chi connectivity index (χ2v) is 3.96. The third-order valence-electron chi connectivity index (χ3n) is 2.92. The highest BCUT2D eigenvalue weighted by Crippen LogP contribution is 2.29. The lowest BCUT2D eigenvalue weighted by atomic mass is 9.80. The predicted molar refractivity (Wildman–Crippen MR) is 52.4 cm³/mol. The van der Waals surface area contributed by atoms with Crippen LogP contribution in [0.1, 0.15) is 33.1 Å². The SMILES string of the molecule is CCC(C(=O)O)C1C=CC(C)CC1. The fourth-order valence-corrected chi connectivity index (χ4v) is 1.98. The highest BCUT2D eigenvalue weighted by atomic mass is 16.4. The van der Waals surface area contributed by atoms with Crippen LogP contribution in [0.4, 0.5) is 0 Å². The van der Waals surface area contributed by atoms with E-state index in [1.54, 1.807) is 0 Å². The molecule has 1 N–H and O–H groups in total. The second-order valence-electron chi connectivity index (χ2n) is 3.96. The Morgan fingerprint density at radius 3 is 2.62 bits per heavy atom. The zero-order chi connectivity index (χ0) is 9.84. The summed E-state index contributed by atoms with van der Waals surface area (Å²) in [4.78, 5) is 10.9. The molecule has 1 rings (SSSR count). The minimum atomic E-state index is -0.647. The van der Waals surface area contributed by atoms with Crippen molar-refractivity contribution in [1.82, 2.24) is 0 Å². The van der Waals surface area contributed by atoms with E-state index >= 15 is 0 Å². The number of hydrogen-bond donors (Lipinski definition) is 1. The van der Waals surface area contributed by atoms with Gasteiger partial charge in [-0.1, -0.05) is 26.0 Å². The first-order valence-corrected chi connectivity index (χ1v) is 5.06. The molecule has 2 nitrogen and oxygen atoms in total. The molecular formula is C11H18O2. The molecule has 1 aliphatic rings. The normalized spacial score (nSPS) is 30.0. The molecule has 0 aliphatic heterocycles. The maximum Gasteiger partial charge on any atom is 0.307 e. The van der Waals surface area contributed by atoms with Gasteiger partial charge in [-0.05, 0) is 31.1 Å². The summed E-state index contributed by atoms with van der Waals surface area (Å²) in [7, 11) is 0. The third kappa shape index (κ3) is 2.58. The lowest BCUT2D eigenvalue weighted by molar-refractivity contribution is -0.143. The molecule has 0 heterocycles. The van der Waals surface area contributed by atoms with Gasteiger partial charge in [-0.25, -0.2) is 0 Å². The minimum Gasteiger partial charge on any atom is -0.481 e. The fraction of sp³-hybridized carbons (Fsp3) is 0.727. The van der Waals surface area contributed by atoms with E-state index in [2.05, 4.69) is 19.1 Å². The minimum absolute atomic E-state index is 0.177. The zero-order valence-corrected chi connectivity index (χ0v) is 8.36. The number of rotatable bonds is 3.